The number of amides is 1. The maximum atomic E-state index is 13.0. The molecule has 10 heteroatoms. The maximum absolute atomic E-state index is 13.0. The highest BCUT2D eigenvalue weighted by Gasteiger charge is 2.29. The molecule has 1 aromatic carbocycles. The average molecular weight is 476 g/mol. The van der Waals surface area contributed by atoms with Crippen molar-refractivity contribution in [2.24, 2.45) is 0 Å². The van der Waals surface area contributed by atoms with Gasteiger partial charge in [-0.25, -0.2) is 13.2 Å². The summed E-state index contributed by atoms with van der Waals surface area (Å²) in [6, 6.07) is 7.68. The van der Waals surface area contributed by atoms with E-state index in [1.54, 1.807) is 14.0 Å². The Kier molecular flexibility index (Phi) is 7.33. The van der Waals surface area contributed by atoms with E-state index in [9.17, 15) is 23.3 Å². The van der Waals surface area contributed by atoms with Crippen molar-refractivity contribution in [1.29, 1.82) is 5.26 Å². The summed E-state index contributed by atoms with van der Waals surface area (Å²) < 4.78 is 32.1. The number of anilines is 1. The predicted octanol–water partition coefficient (Wildman–Crippen LogP) is 3.92. The van der Waals surface area contributed by atoms with Crippen LogP contribution in [0.4, 0.5) is 5.00 Å². The van der Waals surface area contributed by atoms with Gasteiger partial charge in [0.2, 0.25) is 10.0 Å². The first-order chi connectivity index (χ1) is 15.2. The molecule has 1 aromatic heterocycles. The standard InChI is InChI=1S/C22H25N3O5S2/c1-14-18(13-23)21(31-19(14)22(27)30-3)24-20(26)15-9-11-17(12-10-15)32(28,29)25(2)16-7-5-4-6-8-16/h9-12,16H,4-8H2,1-3H3,(H,24,26). The van der Waals surface area contributed by atoms with Gasteiger partial charge in [0.1, 0.15) is 15.9 Å². The molecule has 0 spiro atoms. The first kappa shape index (κ1) is 23.9. The minimum absolute atomic E-state index is 0.00722. The first-order valence-electron chi connectivity index (χ1n) is 10.2. The number of carbonyl (C=O) groups excluding carboxylic acids is 2. The molecule has 2 aromatic rings. The number of nitrogens with zero attached hydrogens (tertiary/aromatic N) is 2. The summed E-state index contributed by atoms with van der Waals surface area (Å²) in [5, 5.41) is 12.3. The summed E-state index contributed by atoms with van der Waals surface area (Å²) in [6.07, 6.45) is 4.88. The molecule has 0 radical (unpaired) electrons. The zero-order valence-electron chi connectivity index (χ0n) is 18.2. The highest BCUT2D eigenvalue weighted by atomic mass is 32.2. The number of rotatable bonds is 6. The third-order valence-corrected chi connectivity index (χ3v) is 8.85. The fourth-order valence-corrected chi connectivity index (χ4v) is 6.27. The Balaban J connectivity index is 1.79. The fraction of sp³-hybridized carbons (Fsp3) is 0.409. The van der Waals surface area contributed by atoms with Gasteiger partial charge in [0.05, 0.1) is 17.6 Å². The lowest BCUT2D eigenvalue weighted by Crippen LogP contribution is -2.38. The lowest BCUT2D eigenvalue weighted by Gasteiger charge is -2.30. The molecule has 8 nitrogen and oxygen atoms in total. The number of thiophene rings is 1. The Morgan fingerprint density at radius 2 is 1.81 bits per heavy atom. The van der Waals surface area contributed by atoms with Gasteiger partial charge in [-0.3, -0.25) is 4.79 Å². The van der Waals surface area contributed by atoms with Crippen LogP contribution in [0.2, 0.25) is 0 Å². The van der Waals surface area contributed by atoms with Gasteiger partial charge in [0.25, 0.3) is 5.91 Å². The minimum Gasteiger partial charge on any atom is -0.465 e. The summed E-state index contributed by atoms with van der Waals surface area (Å²) in [6.45, 7) is 1.61. The van der Waals surface area contributed by atoms with E-state index in [2.05, 4.69) is 5.32 Å². The highest BCUT2D eigenvalue weighted by Crippen LogP contribution is 2.33. The summed E-state index contributed by atoms with van der Waals surface area (Å²) in [7, 11) is -0.808. The lowest BCUT2D eigenvalue weighted by molar-refractivity contribution is 0.0605. The third kappa shape index (κ3) is 4.70. The zero-order chi connectivity index (χ0) is 23.5. The summed E-state index contributed by atoms with van der Waals surface area (Å²) in [5.74, 6) is -1.09. The number of nitriles is 1. The van der Waals surface area contributed by atoms with Gasteiger partial charge in [-0.05, 0) is 49.6 Å². The Morgan fingerprint density at radius 1 is 1.19 bits per heavy atom. The van der Waals surface area contributed by atoms with Crippen molar-refractivity contribution >= 4 is 38.2 Å². The first-order valence-corrected chi connectivity index (χ1v) is 12.5. The van der Waals surface area contributed by atoms with Crippen molar-refractivity contribution in [2.45, 2.75) is 50.0 Å². The lowest BCUT2D eigenvalue weighted by atomic mass is 9.96. The maximum Gasteiger partial charge on any atom is 0.348 e. The molecule has 0 bridgehead atoms. The smallest absolute Gasteiger partial charge is 0.348 e. The molecule has 1 fully saturated rings. The number of hydrogen-bond donors (Lipinski definition) is 1. The second kappa shape index (κ2) is 9.81. The quantitative estimate of drug-likeness (QED) is 0.633. The summed E-state index contributed by atoms with van der Waals surface area (Å²) in [4.78, 5) is 24.9. The van der Waals surface area contributed by atoms with Crippen molar-refractivity contribution < 1.29 is 22.7 Å². The van der Waals surface area contributed by atoms with E-state index in [-0.39, 0.29) is 31.9 Å². The molecule has 1 aliphatic rings. The van der Waals surface area contributed by atoms with E-state index < -0.39 is 21.9 Å². The molecule has 1 saturated carbocycles. The van der Waals surface area contributed by atoms with Crippen LogP contribution in [0.1, 0.15) is 63.3 Å². The van der Waals surface area contributed by atoms with Crippen LogP contribution in [-0.2, 0) is 14.8 Å². The molecule has 1 amide bonds. The number of carbonyl (C=O) groups is 2. The topological polar surface area (TPSA) is 117 Å². The van der Waals surface area contributed by atoms with E-state index in [0.29, 0.717) is 5.56 Å². The fourth-order valence-electron chi connectivity index (χ4n) is 3.78. The van der Waals surface area contributed by atoms with E-state index >= 15 is 0 Å². The monoisotopic (exact) mass is 475 g/mol. The molecular formula is C22H25N3O5S2. The van der Waals surface area contributed by atoms with E-state index in [0.717, 1.165) is 43.4 Å². The van der Waals surface area contributed by atoms with Crippen LogP contribution in [0.3, 0.4) is 0 Å². The molecule has 32 heavy (non-hydrogen) atoms. The molecule has 3 rings (SSSR count). The predicted molar refractivity (Wildman–Crippen MR) is 121 cm³/mol. The van der Waals surface area contributed by atoms with Crippen LogP contribution in [0.25, 0.3) is 0 Å². The van der Waals surface area contributed by atoms with Gasteiger partial charge in [0.15, 0.2) is 0 Å². The van der Waals surface area contributed by atoms with Gasteiger partial charge in [-0.2, -0.15) is 9.57 Å². The van der Waals surface area contributed by atoms with Gasteiger partial charge < -0.3 is 10.1 Å². The summed E-state index contributed by atoms with van der Waals surface area (Å²) in [5.41, 5.74) is 0.864. The van der Waals surface area contributed by atoms with Gasteiger partial charge in [-0.15, -0.1) is 11.3 Å². The van der Waals surface area contributed by atoms with Gasteiger partial charge >= 0.3 is 5.97 Å². The van der Waals surface area contributed by atoms with Crippen molar-refractivity contribution in [3.63, 3.8) is 0 Å². The molecular weight excluding hydrogens is 450 g/mol. The molecule has 1 aliphatic carbocycles. The van der Waals surface area contributed by atoms with E-state index in [1.807, 2.05) is 6.07 Å². The van der Waals surface area contributed by atoms with Crippen LogP contribution in [0.5, 0.6) is 0 Å². The van der Waals surface area contributed by atoms with Crippen LogP contribution in [0, 0.1) is 18.3 Å². The minimum atomic E-state index is -3.66. The third-order valence-electron chi connectivity index (χ3n) is 5.74. The van der Waals surface area contributed by atoms with Crippen molar-refractivity contribution in [1.82, 2.24) is 4.31 Å². The molecule has 0 atom stereocenters. The van der Waals surface area contributed by atoms with Crippen LogP contribution >= 0.6 is 11.3 Å². The normalized spacial score (nSPS) is 14.7. The molecule has 170 valence electrons. The number of esters is 1. The molecule has 0 saturated heterocycles. The zero-order valence-corrected chi connectivity index (χ0v) is 19.8. The molecule has 1 N–H and O–H groups in total. The highest BCUT2D eigenvalue weighted by molar-refractivity contribution is 7.89. The van der Waals surface area contributed by atoms with E-state index in [1.165, 1.54) is 35.7 Å². The molecule has 0 aliphatic heterocycles. The number of hydrogen-bond acceptors (Lipinski definition) is 7. The van der Waals surface area contributed by atoms with Crippen molar-refractivity contribution in [3.05, 3.63) is 45.8 Å². The Bertz CT molecular complexity index is 1160. The summed E-state index contributed by atoms with van der Waals surface area (Å²) >= 11 is 0.962. The van der Waals surface area contributed by atoms with Crippen LogP contribution in [-0.4, -0.2) is 44.8 Å². The Labute approximate surface area is 191 Å². The van der Waals surface area contributed by atoms with E-state index in [4.69, 9.17) is 4.74 Å². The second-order valence-electron chi connectivity index (χ2n) is 7.66. The number of nitrogens with one attached hydrogen (secondary N) is 1. The SMILES string of the molecule is COC(=O)c1sc(NC(=O)c2ccc(S(=O)(=O)N(C)C3CCCCC3)cc2)c(C#N)c1C. The number of ether oxygens (including phenoxy) is 1. The Hall–Kier alpha value is -2.74. The average Bonchev–Trinajstić information content (AvgIpc) is 3.13. The number of sulfonamides is 1. The molecule has 1 heterocycles. The van der Waals surface area contributed by atoms with Crippen molar-refractivity contribution in [3.8, 4) is 6.07 Å². The molecule has 0 unspecified atom stereocenters. The largest absolute Gasteiger partial charge is 0.465 e. The van der Waals surface area contributed by atoms with Crippen LogP contribution < -0.4 is 5.32 Å². The van der Waals surface area contributed by atoms with Crippen molar-refractivity contribution in [2.75, 3.05) is 19.5 Å². The van der Waals surface area contributed by atoms with Gasteiger partial charge in [0, 0.05) is 18.7 Å². The van der Waals surface area contributed by atoms with Crippen LogP contribution in [0.15, 0.2) is 29.2 Å². The number of benzene rings is 1. The Morgan fingerprint density at radius 3 is 2.38 bits per heavy atom. The number of methoxy groups -OCH3 is 1. The van der Waals surface area contributed by atoms with Gasteiger partial charge in [-0.1, -0.05) is 19.3 Å². The second-order valence-corrected chi connectivity index (χ2v) is 10.7.